The fourth-order valence-electron chi connectivity index (χ4n) is 4.47. The quantitative estimate of drug-likeness (QED) is 0.398. The average Bonchev–Trinajstić information content (AvgIpc) is 3.62. The summed E-state index contributed by atoms with van der Waals surface area (Å²) in [6.07, 6.45) is 5.48. The first-order valence-corrected chi connectivity index (χ1v) is 10.3. The van der Waals surface area contributed by atoms with Crippen molar-refractivity contribution in [3.05, 3.63) is 107 Å². The van der Waals surface area contributed by atoms with Crippen molar-refractivity contribution in [2.75, 3.05) is 0 Å². The van der Waals surface area contributed by atoms with Crippen LogP contribution < -0.4 is 5.56 Å². The van der Waals surface area contributed by atoms with E-state index >= 15 is 4.39 Å². The van der Waals surface area contributed by atoms with Crippen molar-refractivity contribution >= 4 is 21.7 Å². The third-order valence-electron chi connectivity index (χ3n) is 6.13. The molecule has 0 unspecified atom stereocenters. The molecule has 0 saturated heterocycles. The van der Waals surface area contributed by atoms with E-state index in [1.807, 2.05) is 48.5 Å². The van der Waals surface area contributed by atoms with Crippen LogP contribution >= 0.6 is 0 Å². The molecule has 5 aromatic rings. The molecule has 6 rings (SSSR count). The molecule has 1 fully saturated rings. The van der Waals surface area contributed by atoms with Gasteiger partial charge < -0.3 is 4.57 Å². The molecule has 2 aromatic carbocycles. The van der Waals surface area contributed by atoms with Crippen LogP contribution in [0.2, 0.25) is 0 Å². The van der Waals surface area contributed by atoms with Crippen LogP contribution in [-0.4, -0.2) is 14.5 Å². The highest BCUT2D eigenvalue weighted by atomic mass is 19.1. The third kappa shape index (κ3) is 2.93. The summed E-state index contributed by atoms with van der Waals surface area (Å²) in [6.45, 7) is 0. The van der Waals surface area contributed by atoms with Gasteiger partial charge in [0.1, 0.15) is 5.82 Å². The van der Waals surface area contributed by atoms with E-state index in [4.69, 9.17) is 4.98 Å². The zero-order chi connectivity index (χ0) is 20.9. The lowest BCUT2D eigenvalue weighted by molar-refractivity contribution is 0.594. The molecule has 3 heterocycles. The van der Waals surface area contributed by atoms with Crippen LogP contribution in [0.4, 0.5) is 4.39 Å². The first kappa shape index (κ1) is 18.0. The van der Waals surface area contributed by atoms with E-state index in [1.165, 1.54) is 6.20 Å². The van der Waals surface area contributed by atoms with E-state index in [0.29, 0.717) is 10.8 Å². The minimum atomic E-state index is -0.386. The van der Waals surface area contributed by atoms with Gasteiger partial charge >= 0.3 is 0 Å². The maximum Gasteiger partial charge on any atom is 0.259 e. The van der Waals surface area contributed by atoms with Gasteiger partial charge in [-0.25, -0.2) is 4.39 Å². The van der Waals surface area contributed by atoms with Crippen LogP contribution in [0.5, 0.6) is 0 Å². The molecule has 5 heteroatoms. The maximum atomic E-state index is 15.1. The van der Waals surface area contributed by atoms with Crippen molar-refractivity contribution in [2.45, 2.75) is 18.4 Å². The van der Waals surface area contributed by atoms with Crippen LogP contribution in [0.15, 0.2) is 90.1 Å². The second-order valence-electron chi connectivity index (χ2n) is 7.99. The summed E-state index contributed by atoms with van der Waals surface area (Å²) < 4.78 is 16.6. The van der Waals surface area contributed by atoms with Gasteiger partial charge in [0, 0.05) is 47.0 Å². The fraction of sp³-hybridized carbons (Fsp3) is 0.115. The topological polar surface area (TPSA) is 47.8 Å². The largest absolute Gasteiger partial charge is 0.308 e. The molecule has 31 heavy (non-hydrogen) atoms. The Kier molecular flexibility index (Phi) is 3.96. The molecule has 0 N–H and O–H groups in total. The standard InChI is InChI=1S/C26H18FN3O/c27-21-15-30(24-14-20(24)23-9-8-17-4-1-2-7-22(17)29-23)26(31)25-18(5-3-6-19(21)25)16-10-12-28-13-11-16/h1-13,15,20,24H,14H2/t20-,24-/m1/s1. The molecule has 0 radical (unpaired) electrons. The Morgan fingerprint density at radius 3 is 2.65 bits per heavy atom. The van der Waals surface area contributed by atoms with Gasteiger partial charge in [-0.2, -0.15) is 0 Å². The minimum absolute atomic E-state index is 0.0921. The Labute approximate surface area is 177 Å². The number of para-hydroxylation sites is 1. The minimum Gasteiger partial charge on any atom is -0.308 e. The molecule has 4 nitrogen and oxygen atoms in total. The lowest BCUT2D eigenvalue weighted by Crippen LogP contribution is -2.21. The van der Waals surface area contributed by atoms with Gasteiger partial charge in [0.05, 0.1) is 10.9 Å². The number of rotatable bonds is 3. The Bertz CT molecular complexity index is 1510. The smallest absolute Gasteiger partial charge is 0.259 e. The Hall–Kier alpha value is -3.86. The van der Waals surface area contributed by atoms with Crippen LogP contribution in [0.25, 0.3) is 32.8 Å². The van der Waals surface area contributed by atoms with E-state index in [9.17, 15) is 4.79 Å². The Morgan fingerprint density at radius 2 is 1.77 bits per heavy atom. The normalized spacial score (nSPS) is 17.8. The van der Waals surface area contributed by atoms with E-state index < -0.39 is 0 Å². The van der Waals surface area contributed by atoms with Crippen molar-refractivity contribution in [1.82, 2.24) is 14.5 Å². The Morgan fingerprint density at radius 1 is 0.935 bits per heavy atom. The summed E-state index contributed by atoms with van der Waals surface area (Å²) in [5.74, 6) is -0.283. The average molecular weight is 407 g/mol. The molecule has 0 aliphatic heterocycles. The van der Waals surface area contributed by atoms with E-state index in [-0.39, 0.29) is 23.3 Å². The van der Waals surface area contributed by atoms with E-state index in [1.54, 1.807) is 29.1 Å². The first-order valence-electron chi connectivity index (χ1n) is 10.3. The molecule has 1 saturated carbocycles. The zero-order valence-corrected chi connectivity index (χ0v) is 16.6. The fourth-order valence-corrected chi connectivity index (χ4v) is 4.47. The number of pyridine rings is 3. The zero-order valence-electron chi connectivity index (χ0n) is 16.6. The lowest BCUT2D eigenvalue weighted by Gasteiger charge is -2.12. The van der Waals surface area contributed by atoms with Crippen LogP contribution in [0.3, 0.4) is 0 Å². The van der Waals surface area contributed by atoms with Crippen molar-refractivity contribution in [1.29, 1.82) is 0 Å². The number of hydrogen-bond acceptors (Lipinski definition) is 3. The molecule has 0 spiro atoms. The van der Waals surface area contributed by atoms with Gasteiger partial charge in [0.2, 0.25) is 0 Å². The SMILES string of the molecule is O=c1c2c(-c3ccncc3)cccc2c(F)cn1[C@@H]1C[C@@H]1c1ccc2ccccc2n1. The molecule has 2 atom stereocenters. The predicted molar refractivity (Wildman–Crippen MR) is 120 cm³/mol. The highest BCUT2D eigenvalue weighted by molar-refractivity contribution is 5.96. The van der Waals surface area contributed by atoms with Crippen LogP contribution in [-0.2, 0) is 0 Å². The summed E-state index contributed by atoms with van der Waals surface area (Å²) in [4.78, 5) is 22.3. The van der Waals surface area contributed by atoms with Crippen LogP contribution in [0.1, 0.15) is 24.1 Å². The number of nitrogens with zero attached hydrogens (tertiary/aromatic N) is 3. The van der Waals surface area contributed by atoms with Gasteiger partial charge in [-0.05, 0) is 41.8 Å². The second kappa shape index (κ2) is 6.84. The monoisotopic (exact) mass is 407 g/mol. The molecule has 1 aliphatic rings. The van der Waals surface area contributed by atoms with Crippen molar-refractivity contribution in [2.24, 2.45) is 0 Å². The van der Waals surface area contributed by atoms with Gasteiger partial charge in [0.25, 0.3) is 5.56 Å². The molecule has 0 amide bonds. The molecular weight excluding hydrogens is 389 g/mol. The van der Waals surface area contributed by atoms with Gasteiger partial charge in [-0.15, -0.1) is 0 Å². The van der Waals surface area contributed by atoms with Crippen molar-refractivity contribution in [3.8, 4) is 11.1 Å². The molecule has 1 aliphatic carbocycles. The molecule has 0 bridgehead atoms. The molecule has 3 aromatic heterocycles. The highest BCUT2D eigenvalue weighted by Crippen LogP contribution is 2.50. The number of aromatic nitrogens is 3. The van der Waals surface area contributed by atoms with Gasteiger partial charge in [0.15, 0.2) is 0 Å². The summed E-state index contributed by atoms with van der Waals surface area (Å²) in [6, 6.07) is 20.9. The third-order valence-corrected chi connectivity index (χ3v) is 6.13. The first-order chi connectivity index (χ1) is 15.2. The van der Waals surface area contributed by atoms with E-state index in [2.05, 4.69) is 11.1 Å². The highest BCUT2D eigenvalue weighted by Gasteiger charge is 2.42. The summed E-state index contributed by atoms with van der Waals surface area (Å²) in [5, 5.41) is 1.83. The Balaban J connectivity index is 1.47. The molecular formula is C26H18FN3O. The number of benzene rings is 2. The number of hydrogen-bond donors (Lipinski definition) is 0. The second-order valence-corrected chi connectivity index (χ2v) is 7.99. The van der Waals surface area contributed by atoms with Crippen molar-refractivity contribution < 1.29 is 4.39 Å². The summed E-state index contributed by atoms with van der Waals surface area (Å²) >= 11 is 0. The summed E-state index contributed by atoms with van der Waals surface area (Å²) in [5.41, 5.74) is 3.27. The van der Waals surface area contributed by atoms with Gasteiger partial charge in [-0.3, -0.25) is 14.8 Å². The predicted octanol–water partition coefficient (Wildman–Crippen LogP) is 5.48. The summed E-state index contributed by atoms with van der Waals surface area (Å²) in [7, 11) is 0. The lowest BCUT2D eigenvalue weighted by atomic mass is 10.00. The number of halogens is 1. The van der Waals surface area contributed by atoms with Crippen molar-refractivity contribution in [3.63, 3.8) is 0 Å². The maximum absolute atomic E-state index is 15.1. The van der Waals surface area contributed by atoms with Gasteiger partial charge in [-0.1, -0.05) is 42.5 Å². The molecule has 150 valence electrons. The van der Waals surface area contributed by atoms with E-state index in [0.717, 1.165) is 34.1 Å². The number of fused-ring (bicyclic) bond motifs is 2. The van der Waals surface area contributed by atoms with Crippen LogP contribution in [0, 0.1) is 5.82 Å².